The molecule has 1 aromatic heterocycles. The zero-order valence-electron chi connectivity index (χ0n) is 13.3. The van der Waals surface area contributed by atoms with Crippen molar-refractivity contribution in [3.63, 3.8) is 0 Å². The first-order valence-corrected chi connectivity index (χ1v) is 7.94. The van der Waals surface area contributed by atoms with Crippen LogP contribution >= 0.6 is 0 Å². The van der Waals surface area contributed by atoms with E-state index in [9.17, 15) is 13.2 Å². The van der Waals surface area contributed by atoms with Gasteiger partial charge in [-0.25, -0.2) is 9.97 Å². The third-order valence-corrected chi connectivity index (χ3v) is 4.26. The first-order chi connectivity index (χ1) is 11.4. The highest BCUT2D eigenvalue weighted by molar-refractivity contribution is 5.63. The lowest BCUT2D eigenvalue weighted by atomic mass is 9.99. The number of anilines is 3. The number of hydrogen-bond acceptors (Lipinski definition) is 4. The summed E-state index contributed by atoms with van der Waals surface area (Å²) in [4.78, 5) is 10.4. The Morgan fingerprint density at radius 1 is 1.12 bits per heavy atom. The smallest absolute Gasteiger partial charge is 0.356 e. The number of piperidine rings is 1. The zero-order chi connectivity index (χ0) is 17.2. The standard InChI is InChI=1S/C17H19F3N4/c1-12-6-8-24(9-7-12)16-10-15(21-11-22-16)23-14-5-3-2-4-13(14)17(18,19)20/h2-5,10-12H,6-9H2,1H3,(H,21,22,23). The van der Waals surface area contributed by atoms with Gasteiger partial charge in [0, 0.05) is 19.2 Å². The normalized spacial score (nSPS) is 16.2. The van der Waals surface area contributed by atoms with Gasteiger partial charge in [0.15, 0.2) is 0 Å². The van der Waals surface area contributed by atoms with E-state index in [-0.39, 0.29) is 5.69 Å². The van der Waals surface area contributed by atoms with Crippen molar-refractivity contribution in [2.45, 2.75) is 25.9 Å². The van der Waals surface area contributed by atoms with E-state index in [0.29, 0.717) is 11.7 Å². The van der Waals surface area contributed by atoms with Crippen LogP contribution in [0.2, 0.25) is 0 Å². The molecule has 0 amide bonds. The predicted octanol–water partition coefficient (Wildman–Crippen LogP) is 4.48. The molecule has 24 heavy (non-hydrogen) atoms. The summed E-state index contributed by atoms with van der Waals surface area (Å²) >= 11 is 0. The molecule has 1 aromatic carbocycles. The number of hydrogen-bond donors (Lipinski definition) is 1. The van der Waals surface area contributed by atoms with Gasteiger partial charge in [0.1, 0.15) is 18.0 Å². The number of nitrogens with one attached hydrogen (secondary N) is 1. The highest BCUT2D eigenvalue weighted by atomic mass is 19.4. The monoisotopic (exact) mass is 336 g/mol. The van der Waals surface area contributed by atoms with E-state index >= 15 is 0 Å². The Labute approximate surface area is 138 Å². The minimum atomic E-state index is -4.41. The maximum Gasteiger partial charge on any atom is 0.418 e. The Bertz CT molecular complexity index is 694. The van der Waals surface area contributed by atoms with E-state index < -0.39 is 11.7 Å². The summed E-state index contributed by atoms with van der Waals surface area (Å²) in [7, 11) is 0. The fraction of sp³-hybridized carbons (Fsp3) is 0.412. The van der Waals surface area contributed by atoms with E-state index in [1.807, 2.05) is 0 Å². The van der Waals surface area contributed by atoms with Gasteiger partial charge in [0.05, 0.1) is 11.3 Å². The number of rotatable bonds is 3. The van der Waals surface area contributed by atoms with Crippen molar-refractivity contribution < 1.29 is 13.2 Å². The SMILES string of the molecule is CC1CCN(c2cc(Nc3ccccc3C(F)(F)F)ncn2)CC1. The summed E-state index contributed by atoms with van der Waals surface area (Å²) in [6, 6.07) is 7.08. The lowest BCUT2D eigenvalue weighted by molar-refractivity contribution is -0.136. The number of benzene rings is 1. The topological polar surface area (TPSA) is 41.0 Å². The van der Waals surface area contributed by atoms with Crippen LogP contribution in [-0.4, -0.2) is 23.1 Å². The Morgan fingerprint density at radius 2 is 1.83 bits per heavy atom. The molecule has 7 heteroatoms. The minimum Gasteiger partial charge on any atom is -0.356 e. The van der Waals surface area contributed by atoms with Crippen LogP contribution in [0.1, 0.15) is 25.3 Å². The lowest BCUT2D eigenvalue weighted by Crippen LogP contribution is -2.33. The van der Waals surface area contributed by atoms with Gasteiger partial charge in [-0.3, -0.25) is 0 Å². The Balaban J connectivity index is 1.81. The molecule has 1 aliphatic rings. The Morgan fingerprint density at radius 3 is 2.54 bits per heavy atom. The molecule has 0 saturated carbocycles. The van der Waals surface area contributed by atoms with Crippen LogP contribution in [0.4, 0.5) is 30.5 Å². The highest BCUT2D eigenvalue weighted by Crippen LogP contribution is 2.35. The molecular formula is C17H19F3N4. The van der Waals surface area contributed by atoms with Crippen molar-refractivity contribution in [2.75, 3.05) is 23.3 Å². The van der Waals surface area contributed by atoms with E-state index in [1.165, 1.54) is 18.5 Å². The van der Waals surface area contributed by atoms with E-state index in [2.05, 4.69) is 27.1 Å². The van der Waals surface area contributed by atoms with Crippen molar-refractivity contribution in [3.05, 3.63) is 42.2 Å². The molecular weight excluding hydrogens is 317 g/mol. The van der Waals surface area contributed by atoms with Crippen LogP contribution < -0.4 is 10.2 Å². The van der Waals surface area contributed by atoms with Gasteiger partial charge in [-0.05, 0) is 30.9 Å². The molecule has 0 atom stereocenters. The quantitative estimate of drug-likeness (QED) is 0.897. The molecule has 0 unspecified atom stereocenters. The van der Waals surface area contributed by atoms with Crippen molar-refractivity contribution >= 4 is 17.3 Å². The fourth-order valence-electron chi connectivity index (χ4n) is 2.80. The molecule has 0 bridgehead atoms. The minimum absolute atomic E-state index is 0.0121. The summed E-state index contributed by atoms with van der Waals surface area (Å²) in [5.41, 5.74) is -0.723. The van der Waals surface area contributed by atoms with Crippen LogP contribution in [0.25, 0.3) is 0 Å². The number of para-hydroxylation sites is 1. The number of aromatic nitrogens is 2. The number of nitrogens with zero attached hydrogens (tertiary/aromatic N) is 3. The van der Waals surface area contributed by atoms with Gasteiger partial charge in [-0.2, -0.15) is 13.2 Å². The summed E-state index contributed by atoms with van der Waals surface area (Å²) in [6.45, 7) is 4.02. The van der Waals surface area contributed by atoms with Crippen molar-refractivity contribution in [1.82, 2.24) is 9.97 Å². The Kier molecular flexibility index (Phi) is 4.59. The van der Waals surface area contributed by atoms with E-state index in [0.717, 1.165) is 37.8 Å². The Hall–Kier alpha value is -2.31. The highest BCUT2D eigenvalue weighted by Gasteiger charge is 2.33. The zero-order valence-corrected chi connectivity index (χ0v) is 13.3. The second kappa shape index (κ2) is 6.67. The number of halogens is 3. The molecule has 4 nitrogen and oxygen atoms in total. The van der Waals surface area contributed by atoms with Crippen LogP contribution in [-0.2, 0) is 6.18 Å². The van der Waals surface area contributed by atoms with Crippen molar-refractivity contribution in [3.8, 4) is 0 Å². The van der Waals surface area contributed by atoms with E-state index in [4.69, 9.17) is 0 Å². The molecule has 2 heterocycles. The molecule has 1 aliphatic heterocycles. The largest absolute Gasteiger partial charge is 0.418 e. The van der Waals surface area contributed by atoms with Gasteiger partial charge in [-0.15, -0.1) is 0 Å². The molecule has 1 N–H and O–H groups in total. The molecule has 1 fully saturated rings. The number of alkyl halides is 3. The first-order valence-electron chi connectivity index (χ1n) is 7.94. The molecule has 1 saturated heterocycles. The van der Waals surface area contributed by atoms with Gasteiger partial charge in [0.25, 0.3) is 0 Å². The van der Waals surface area contributed by atoms with Gasteiger partial charge < -0.3 is 10.2 Å². The van der Waals surface area contributed by atoms with Gasteiger partial charge in [0.2, 0.25) is 0 Å². The van der Waals surface area contributed by atoms with Crippen molar-refractivity contribution in [1.29, 1.82) is 0 Å². The second-order valence-corrected chi connectivity index (χ2v) is 6.10. The predicted molar refractivity (Wildman–Crippen MR) is 87.4 cm³/mol. The molecule has 3 rings (SSSR count). The van der Waals surface area contributed by atoms with Crippen LogP contribution in [0, 0.1) is 5.92 Å². The van der Waals surface area contributed by atoms with Gasteiger partial charge in [-0.1, -0.05) is 19.1 Å². The molecule has 128 valence electrons. The lowest BCUT2D eigenvalue weighted by Gasteiger charge is -2.31. The van der Waals surface area contributed by atoms with Crippen molar-refractivity contribution in [2.24, 2.45) is 5.92 Å². The maximum absolute atomic E-state index is 13.1. The summed E-state index contributed by atoms with van der Waals surface area (Å²) in [5.74, 6) is 1.79. The molecule has 0 spiro atoms. The van der Waals surface area contributed by atoms with Crippen LogP contribution in [0.5, 0.6) is 0 Å². The average Bonchev–Trinajstić information content (AvgIpc) is 2.55. The van der Waals surface area contributed by atoms with Crippen LogP contribution in [0.3, 0.4) is 0 Å². The third kappa shape index (κ3) is 3.77. The molecule has 0 aliphatic carbocycles. The summed E-state index contributed by atoms with van der Waals surface area (Å²) in [6.07, 6.45) is -0.859. The molecule has 2 aromatic rings. The third-order valence-electron chi connectivity index (χ3n) is 4.26. The second-order valence-electron chi connectivity index (χ2n) is 6.10. The van der Waals surface area contributed by atoms with Gasteiger partial charge >= 0.3 is 6.18 Å². The molecule has 0 radical (unpaired) electrons. The fourth-order valence-corrected chi connectivity index (χ4v) is 2.80. The first kappa shape index (κ1) is 16.5. The van der Waals surface area contributed by atoms with Crippen LogP contribution in [0.15, 0.2) is 36.7 Å². The van der Waals surface area contributed by atoms with E-state index in [1.54, 1.807) is 12.1 Å². The maximum atomic E-state index is 13.1. The summed E-state index contributed by atoms with van der Waals surface area (Å²) in [5, 5.41) is 2.77. The summed E-state index contributed by atoms with van der Waals surface area (Å²) < 4.78 is 39.2. The average molecular weight is 336 g/mol.